The van der Waals surface area contributed by atoms with E-state index >= 15 is 0 Å². The van der Waals surface area contributed by atoms with Crippen molar-refractivity contribution in [3.05, 3.63) is 111 Å². The van der Waals surface area contributed by atoms with Crippen molar-refractivity contribution in [3.8, 4) is 17.6 Å². The molecule has 172 valence electrons. The maximum Gasteiger partial charge on any atom is 0.270 e. The van der Waals surface area contributed by atoms with E-state index in [4.69, 9.17) is 21.1 Å². The quantitative estimate of drug-likeness (QED) is 0.104. The van der Waals surface area contributed by atoms with Gasteiger partial charge in [-0.15, -0.1) is 6.58 Å². The molecule has 0 saturated heterocycles. The van der Waals surface area contributed by atoms with Gasteiger partial charge < -0.3 is 9.47 Å². The van der Waals surface area contributed by atoms with Crippen LogP contribution in [0.5, 0.6) is 11.5 Å². The van der Waals surface area contributed by atoms with Gasteiger partial charge in [-0.3, -0.25) is 10.1 Å². The molecule has 0 bridgehead atoms. The summed E-state index contributed by atoms with van der Waals surface area (Å²) in [5.41, 5.74) is 3.05. The van der Waals surface area contributed by atoms with Crippen molar-refractivity contribution in [2.24, 2.45) is 0 Å². The molecule has 0 heterocycles. The highest BCUT2D eigenvalue weighted by molar-refractivity contribution is 6.31. The maximum atomic E-state index is 11.1. The lowest BCUT2D eigenvalue weighted by Crippen LogP contribution is -2.03. The van der Waals surface area contributed by atoms with Crippen LogP contribution in [0.3, 0.4) is 0 Å². The van der Waals surface area contributed by atoms with Crippen LogP contribution in [0.4, 0.5) is 5.69 Å². The van der Waals surface area contributed by atoms with E-state index in [1.165, 1.54) is 12.1 Å². The molecule has 6 nitrogen and oxygen atoms in total. The Bertz CT molecular complexity index is 1280. The van der Waals surface area contributed by atoms with Crippen molar-refractivity contribution >= 4 is 28.9 Å². The first-order valence-corrected chi connectivity index (χ1v) is 11.0. The van der Waals surface area contributed by atoms with Gasteiger partial charge in [-0.05, 0) is 48.7 Å². The van der Waals surface area contributed by atoms with E-state index in [0.29, 0.717) is 46.2 Å². The van der Waals surface area contributed by atoms with Crippen LogP contribution in [0.15, 0.2) is 73.3 Å². The number of nitro groups is 1. The van der Waals surface area contributed by atoms with Gasteiger partial charge in [0.2, 0.25) is 0 Å². The number of benzene rings is 3. The van der Waals surface area contributed by atoms with Crippen LogP contribution in [-0.4, -0.2) is 11.5 Å². The standard InChI is InChI=1S/C27H23ClN2O4/c1-3-8-21-13-19(14-23(17-29)20-10-7-11-24(16-20)30(31)32)15-26(33-4-2)27(21)34-18-22-9-5-6-12-25(22)28/h3,5-7,9-16H,1,4,8,18H2,2H3. The van der Waals surface area contributed by atoms with Crippen molar-refractivity contribution in [1.82, 2.24) is 0 Å². The maximum absolute atomic E-state index is 11.1. The molecule has 0 spiro atoms. The molecule has 0 radical (unpaired) electrons. The zero-order valence-corrected chi connectivity index (χ0v) is 19.4. The molecule has 0 atom stereocenters. The fourth-order valence-electron chi connectivity index (χ4n) is 3.40. The van der Waals surface area contributed by atoms with Crippen LogP contribution in [-0.2, 0) is 13.0 Å². The largest absolute Gasteiger partial charge is 0.490 e. The number of nitriles is 1. The van der Waals surface area contributed by atoms with Gasteiger partial charge >= 0.3 is 0 Å². The van der Waals surface area contributed by atoms with Crippen molar-refractivity contribution in [1.29, 1.82) is 5.26 Å². The van der Waals surface area contributed by atoms with Crippen molar-refractivity contribution < 1.29 is 14.4 Å². The first-order chi connectivity index (χ1) is 16.5. The molecule has 0 aliphatic carbocycles. The molecule has 3 rings (SSSR count). The molecule has 0 N–H and O–H groups in total. The fraction of sp³-hybridized carbons (Fsp3) is 0.148. The normalized spacial score (nSPS) is 10.9. The minimum Gasteiger partial charge on any atom is -0.490 e. The van der Waals surface area contributed by atoms with E-state index in [1.807, 2.05) is 31.2 Å². The van der Waals surface area contributed by atoms with E-state index in [-0.39, 0.29) is 12.3 Å². The van der Waals surface area contributed by atoms with Gasteiger partial charge in [0.15, 0.2) is 11.5 Å². The molecule has 0 aliphatic heterocycles. The minimum absolute atomic E-state index is 0.0793. The van der Waals surface area contributed by atoms with Crippen LogP contribution >= 0.6 is 11.6 Å². The highest BCUT2D eigenvalue weighted by Crippen LogP contribution is 2.36. The van der Waals surface area contributed by atoms with Gasteiger partial charge in [0.25, 0.3) is 5.69 Å². The van der Waals surface area contributed by atoms with Crippen molar-refractivity contribution in [2.45, 2.75) is 20.0 Å². The van der Waals surface area contributed by atoms with Gasteiger partial charge in [-0.1, -0.05) is 48.0 Å². The van der Waals surface area contributed by atoms with Gasteiger partial charge in [0, 0.05) is 28.3 Å². The SMILES string of the molecule is C=CCc1cc(C=C(C#N)c2cccc([N+](=O)[O-])c2)cc(OCC)c1OCc1ccccc1Cl. The lowest BCUT2D eigenvalue weighted by atomic mass is 10.0. The second-order valence-corrected chi connectivity index (χ2v) is 7.70. The minimum atomic E-state index is -0.487. The van der Waals surface area contributed by atoms with Crippen molar-refractivity contribution in [3.63, 3.8) is 0 Å². The number of ether oxygens (including phenoxy) is 2. The summed E-state index contributed by atoms with van der Waals surface area (Å²) in [6.07, 6.45) is 3.94. The Balaban J connectivity index is 2.03. The Labute approximate surface area is 203 Å². The zero-order valence-electron chi connectivity index (χ0n) is 18.7. The van der Waals surface area contributed by atoms with E-state index in [0.717, 1.165) is 11.1 Å². The molecule has 0 saturated carbocycles. The van der Waals surface area contributed by atoms with Crippen LogP contribution in [0.1, 0.15) is 29.2 Å². The van der Waals surface area contributed by atoms with Gasteiger partial charge in [0.05, 0.1) is 23.2 Å². The Hall–Kier alpha value is -4.08. The van der Waals surface area contributed by atoms with E-state index in [2.05, 4.69) is 12.6 Å². The van der Waals surface area contributed by atoms with Gasteiger partial charge in [0.1, 0.15) is 6.61 Å². The topological polar surface area (TPSA) is 85.4 Å². The summed E-state index contributed by atoms with van der Waals surface area (Å²) in [5.74, 6) is 1.10. The molecular formula is C27H23ClN2O4. The number of hydrogen-bond acceptors (Lipinski definition) is 5. The molecule has 34 heavy (non-hydrogen) atoms. The molecule has 0 aliphatic rings. The highest BCUT2D eigenvalue weighted by atomic mass is 35.5. The van der Waals surface area contributed by atoms with E-state index in [9.17, 15) is 15.4 Å². The number of nitrogens with zero attached hydrogens (tertiary/aromatic N) is 2. The number of hydrogen-bond donors (Lipinski definition) is 0. The number of halogens is 1. The summed E-state index contributed by atoms with van der Waals surface area (Å²) in [6, 6.07) is 19.2. The third-order valence-corrected chi connectivity index (χ3v) is 5.32. The predicted molar refractivity (Wildman–Crippen MR) is 134 cm³/mol. The molecule has 0 aromatic heterocycles. The number of rotatable bonds is 10. The van der Waals surface area contributed by atoms with Crippen molar-refractivity contribution in [2.75, 3.05) is 6.61 Å². The Morgan fingerprint density at radius 2 is 1.94 bits per heavy atom. The predicted octanol–water partition coefficient (Wildman–Crippen LogP) is 7.02. The molecule has 0 amide bonds. The van der Waals surface area contributed by atoms with Crippen LogP contribution in [0.2, 0.25) is 5.02 Å². The summed E-state index contributed by atoms with van der Waals surface area (Å²) in [5, 5.41) is 21.5. The average molecular weight is 475 g/mol. The molecule has 0 fully saturated rings. The zero-order chi connectivity index (χ0) is 24.5. The van der Waals surface area contributed by atoms with Gasteiger partial charge in [-0.2, -0.15) is 5.26 Å². The number of non-ortho nitro benzene ring substituents is 1. The summed E-state index contributed by atoms with van der Waals surface area (Å²) in [7, 11) is 0. The monoisotopic (exact) mass is 474 g/mol. The summed E-state index contributed by atoms with van der Waals surface area (Å²) in [4.78, 5) is 10.6. The van der Waals surface area contributed by atoms with E-state index < -0.39 is 4.92 Å². The Morgan fingerprint density at radius 3 is 2.62 bits per heavy atom. The Morgan fingerprint density at radius 1 is 1.15 bits per heavy atom. The fourth-order valence-corrected chi connectivity index (χ4v) is 3.59. The second kappa shape index (κ2) is 11.7. The first-order valence-electron chi connectivity index (χ1n) is 10.6. The van der Waals surface area contributed by atoms with Crippen LogP contribution in [0, 0.1) is 21.4 Å². The lowest BCUT2D eigenvalue weighted by molar-refractivity contribution is -0.384. The van der Waals surface area contributed by atoms with Gasteiger partial charge in [-0.25, -0.2) is 0 Å². The third-order valence-electron chi connectivity index (χ3n) is 4.95. The molecule has 3 aromatic rings. The molecule has 0 unspecified atom stereocenters. The molecule has 3 aromatic carbocycles. The lowest BCUT2D eigenvalue weighted by Gasteiger charge is -2.17. The highest BCUT2D eigenvalue weighted by Gasteiger charge is 2.15. The molecule has 7 heteroatoms. The second-order valence-electron chi connectivity index (χ2n) is 7.29. The smallest absolute Gasteiger partial charge is 0.270 e. The van der Waals surface area contributed by atoms with E-state index in [1.54, 1.807) is 36.4 Å². The number of allylic oxidation sites excluding steroid dienone is 2. The average Bonchev–Trinajstić information content (AvgIpc) is 2.83. The van der Waals surface area contributed by atoms with Crippen LogP contribution < -0.4 is 9.47 Å². The summed E-state index contributed by atoms with van der Waals surface area (Å²) < 4.78 is 12.0. The summed E-state index contributed by atoms with van der Waals surface area (Å²) >= 11 is 6.27. The Kier molecular flexibility index (Phi) is 8.44. The first kappa shape index (κ1) is 24.6. The van der Waals surface area contributed by atoms with Crippen LogP contribution in [0.25, 0.3) is 11.6 Å². The molecular weight excluding hydrogens is 452 g/mol. The number of nitro benzene ring substituents is 1. The third kappa shape index (κ3) is 6.03. The summed E-state index contributed by atoms with van der Waals surface area (Å²) in [6.45, 7) is 6.38.